The molecule has 0 aliphatic heterocycles. The minimum Gasteiger partial charge on any atom is -0.228 e. The lowest BCUT2D eigenvalue weighted by atomic mass is 10.0. The Bertz CT molecular complexity index is 1490. The zero-order valence-corrected chi connectivity index (χ0v) is 16.4. The number of nitrogens with zero attached hydrogens (tertiary/aromatic N) is 2. The van der Waals surface area contributed by atoms with Gasteiger partial charge in [0.15, 0.2) is 5.82 Å². The second kappa shape index (κ2) is 6.50. The van der Waals surface area contributed by atoms with E-state index in [9.17, 15) is 0 Å². The molecule has 6 aromatic rings. The Morgan fingerprint density at radius 1 is 0.552 bits per heavy atom. The van der Waals surface area contributed by atoms with Crippen molar-refractivity contribution in [3.05, 3.63) is 97.1 Å². The number of rotatable bonds is 2. The van der Waals surface area contributed by atoms with E-state index in [0.717, 1.165) is 33.5 Å². The summed E-state index contributed by atoms with van der Waals surface area (Å²) in [5.74, 6) is 0.761. The molecular formula is C26H16N2S. The Kier molecular flexibility index (Phi) is 3.68. The SMILES string of the molecule is c1ccc(-c2nc(-c3ccccc3)c3c(ccc4c5ccccc5sc43)n2)cc1. The molecule has 0 spiro atoms. The number of aromatic nitrogens is 2. The smallest absolute Gasteiger partial charge is 0.160 e. The van der Waals surface area contributed by atoms with E-state index < -0.39 is 0 Å². The molecule has 0 radical (unpaired) electrons. The van der Waals surface area contributed by atoms with E-state index in [0.29, 0.717) is 0 Å². The summed E-state index contributed by atoms with van der Waals surface area (Å²) in [5.41, 5.74) is 4.12. The topological polar surface area (TPSA) is 25.8 Å². The maximum atomic E-state index is 5.06. The highest BCUT2D eigenvalue weighted by molar-refractivity contribution is 7.26. The van der Waals surface area contributed by atoms with Crippen LogP contribution in [0, 0.1) is 0 Å². The summed E-state index contributed by atoms with van der Waals surface area (Å²) in [5, 5.41) is 3.70. The summed E-state index contributed by atoms with van der Waals surface area (Å²) >= 11 is 1.82. The molecule has 0 aliphatic carbocycles. The summed E-state index contributed by atoms with van der Waals surface area (Å²) in [4.78, 5) is 10.0. The highest BCUT2D eigenvalue weighted by Gasteiger charge is 2.16. The van der Waals surface area contributed by atoms with E-state index in [1.165, 1.54) is 20.2 Å². The zero-order chi connectivity index (χ0) is 19.2. The van der Waals surface area contributed by atoms with Gasteiger partial charge in [-0.1, -0.05) is 84.9 Å². The molecule has 4 aromatic carbocycles. The maximum Gasteiger partial charge on any atom is 0.160 e. The summed E-state index contributed by atoms with van der Waals surface area (Å²) in [7, 11) is 0. The number of hydrogen-bond acceptors (Lipinski definition) is 3. The molecule has 0 fully saturated rings. The number of thiophene rings is 1. The van der Waals surface area contributed by atoms with Crippen LogP contribution >= 0.6 is 11.3 Å². The van der Waals surface area contributed by atoms with Gasteiger partial charge in [0.25, 0.3) is 0 Å². The van der Waals surface area contributed by atoms with Crippen LogP contribution in [0.3, 0.4) is 0 Å². The first kappa shape index (κ1) is 16.4. The van der Waals surface area contributed by atoms with Gasteiger partial charge in [-0.3, -0.25) is 0 Å². The van der Waals surface area contributed by atoms with Crippen LogP contribution in [0.2, 0.25) is 0 Å². The fraction of sp³-hybridized carbons (Fsp3) is 0. The summed E-state index contributed by atoms with van der Waals surface area (Å²) in [6.07, 6.45) is 0. The standard InChI is InChI=1S/C26H16N2S/c1-3-9-17(10-4-1)24-23-21(27-26(28-24)18-11-5-2-6-12-18)16-15-20-19-13-7-8-14-22(19)29-25(20)23/h1-16H. The van der Waals surface area contributed by atoms with Crippen molar-refractivity contribution in [2.24, 2.45) is 0 Å². The maximum absolute atomic E-state index is 5.06. The van der Waals surface area contributed by atoms with Gasteiger partial charge in [-0.25, -0.2) is 9.97 Å². The Labute approximate surface area is 172 Å². The molecule has 0 amide bonds. The average Bonchev–Trinajstić information content (AvgIpc) is 3.18. The first-order chi connectivity index (χ1) is 14.4. The average molecular weight is 388 g/mol. The zero-order valence-electron chi connectivity index (χ0n) is 15.5. The van der Waals surface area contributed by atoms with Crippen LogP contribution in [0.5, 0.6) is 0 Å². The molecular weight excluding hydrogens is 372 g/mol. The molecule has 0 saturated heterocycles. The van der Waals surface area contributed by atoms with Crippen molar-refractivity contribution in [3.8, 4) is 22.6 Å². The van der Waals surface area contributed by atoms with Gasteiger partial charge in [-0.05, 0) is 12.1 Å². The minimum absolute atomic E-state index is 0.761. The van der Waals surface area contributed by atoms with Gasteiger partial charge in [0.1, 0.15) is 0 Å². The number of fused-ring (bicyclic) bond motifs is 5. The van der Waals surface area contributed by atoms with Crippen molar-refractivity contribution in [2.45, 2.75) is 0 Å². The highest BCUT2D eigenvalue weighted by atomic mass is 32.1. The van der Waals surface area contributed by atoms with E-state index >= 15 is 0 Å². The highest BCUT2D eigenvalue weighted by Crippen LogP contribution is 2.41. The predicted molar refractivity (Wildman–Crippen MR) is 123 cm³/mol. The first-order valence-electron chi connectivity index (χ1n) is 9.61. The summed E-state index contributed by atoms with van der Waals surface area (Å²) in [6.45, 7) is 0. The summed E-state index contributed by atoms with van der Waals surface area (Å²) in [6, 6.07) is 33.6. The third-order valence-electron chi connectivity index (χ3n) is 5.29. The van der Waals surface area contributed by atoms with E-state index in [2.05, 4.69) is 72.8 Å². The van der Waals surface area contributed by atoms with E-state index in [1.807, 2.05) is 35.6 Å². The molecule has 0 N–H and O–H groups in total. The van der Waals surface area contributed by atoms with Gasteiger partial charge >= 0.3 is 0 Å². The van der Waals surface area contributed by atoms with Crippen LogP contribution in [0.25, 0.3) is 53.7 Å². The number of hydrogen-bond donors (Lipinski definition) is 0. The van der Waals surface area contributed by atoms with Gasteiger partial charge in [0.2, 0.25) is 0 Å². The van der Waals surface area contributed by atoms with E-state index in [-0.39, 0.29) is 0 Å². The third kappa shape index (κ3) is 2.63. The molecule has 0 atom stereocenters. The fourth-order valence-corrected chi connectivity index (χ4v) is 5.17. The van der Waals surface area contributed by atoms with Crippen molar-refractivity contribution in [3.63, 3.8) is 0 Å². The van der Waals surface area contributed by atoms with Crippen LogP contribution < -0.4 is 0 Å². The normalized spacial score (nSPS) is 11.4. The predicted octanol–water partition coefficient (Wildman–Crippen LogP) is 7.33. The van der Waals surface area contributed by atoms with Crippen molar-refractivity contribution in [2.75, 3.05) is 0 Å². The van der Waals surface area contributed by atoms with Gasteiger partial charge in [0.05, 0.1) is 11.2 Å². The monoisotopic (exact) mass is 388 g/mol. The van der Waals surface area contributed by atoms with Crippen LogP contribution in [-0.2, 0) is 0 Å². The van der Waals surface area contributed by atoms with Crippen molar-refractivity contribution < 1.29 is 0 Å². The quantitative estimate of drug-likeness (QED) is 0.310. The van der Waals surface area contributed by atoms with Crippen molar-refractivity contribution in [1.82, 2.24) is 9.97 Å². The van der Waals surface area contributed by atoms with Crippen LogP contribution in [-0.4, -0.2) is 9.97 Å². The van der Waals surface area contributed by atoms with Gasteiger partial charge in [-0.2, -0.15) is 0 Å². The van der Waals surface area contributed by atoms with Crippen LogP contribution in [0.4, 0.5) is 0 Å². The molecule has 2 aromatic heterocycles. The molecule has 2 nitrogen and oxygen atoms in total. The van der Waals surface area contributed by atoms with Crippen molar-refractivity contribution in [1.29, 1.82) is 0 Å². The lowest BCUT2D eigenvalue weighted by molar-refractivity contribution is 1.23. The molecule has 2 heterocycles. The van der Waals surface area contributed by atoms with Crippen LogP contribution in [0.1, 0.15) is 0 Å². The summed E-state index contributed by atoms with van der Waals surface area (Å²) < 4.78 is 2.54. The van der Waals surface area contributed by atoms with Gasteiger partial charge < -0.3 is 0 Å². The second-order valence-corrected chi connectivity index (χ2v) is 8.11. The van der Waals surface area contributed by atoms with E-state index in [1.54, 1.807) is 0 Å². The molecule has 29 heavy (non-hydrogen) atoms. The molecule has 136 valence electrons. The molecule has 0 bridgehead atoms. The molecule has 6 rings (SSSR count). The lowest BCUT2D eigenvalue weighted by Gasteiger charge is -2.10. The number of benzene rings is 4. The van der Waals surface area contributed by atoms with E-state index in [4.69, 9.17) is 9.97 Å². The lowest BCUT2D eigenvalue weighted by Crippen LogP contribution is -1.95. The third-order valence-corrected chi connectivity index (χ3v) is 6.49. The largest absolute Gasteiger partial charge is 0.228 e. The molecule has 0 unspecified atom stereocenters. The van der Waals surface area contributed by atoms with Crippen molar-refractivity contribution >= 4 is 42.4 Å². The Morgan fingerprint density at radius 3 is 2.03 bits per heavy atom. The van der Waals surface area contributed by atoms with Crippen LogP contribution in [0.15, 0.2) is 97.1 Å². The fourth-order valence-electron chi connectivity index (χ4n) is 3.92. The Balaban J connectivity index is 1.77. The molecule has 3 heteroatoms. The second-order valence-electron chi connectivity index (χ2n) is 7.06. The Hall–Kier alpha value is -3.56. The molecule has 0 aliphatic rings. The van der Waals surface area contributed by atoms with Gasteiger partial charge in [-0.15, -0.1) is 11.3 Å². The molecule has 0 saturated carbocycles. The Morgan fingerprint density at radius 2 is 1.24 bits per heavy atom. The van der Waals surface area contributed by atoms with Gasteiger partial charge in [0, 0.05) is 36.7 Å². The first-order valence-corrected chi connectivity index (χ1v) is 10.4. The minimum atomic E-state index is 0.761.